The minimum atomic E-state index is -0.586. The van der Waals surface area contributed by atoms with Gasteiger partial charge in [-0.15, -0.1) is 10.2 Å². The van der Waals surface area contributed by atoms with E-state index in [2.05, 4.69) is 15.2 Å². The zero-order valence-electron chi connectivity index (χ0n) is 13.8. The van der Waals surface area contributed by atoms with Crippen molar-refractivity contribution in [1.82, 2.24) is 24.6 Å². The molecule has 8 heteroatoms. The molecule has 1 fully saturated rings. The molecular formula is C16H21N5O3. The largest absolute Gasteiger partial charge is 0.479 e. The fraction of sp³-hybridized carbons (Fsp3) is 0.500. The summed E-state index contributed by atoms with van der Waals surface area (Å²) in [6.07, 6.45) is 4.08. The van der Waals surface area contributed by atoms with E-state index in [0.717, 1.165) is 12.4 Å². The van der Waals surface area contributed by atoms with Crippen molar-refractivity contribution in [2.24, 2.45) is 0 Å². The number of aryl methyl sites for hydroxylation is 1. The highest BCUT2D eigenvalue weighted by molar-refractivity contribution is 5.81. The molecule has 3 rings (SSSR count). The number of aromatic nitrogens is 4. The van der Waals surface area contributed by atoms with Crippen LogP contribution in [0.5, 0.6) is 5.75 Å². The van der Waals surface area contributed by atoms with E-state index in [0.29, 0.717) is 25.4 Å². The van der Waals surface area contributed by atoms with Crippen molar-refractivity contribution in [2.75, 3.05) is 19.7 Å². The summed E-state index contributed by atoms with van der Waals surface area (Å²) in [7, 11) is 0. The number of rotatable bonds is 5. The van der Waals surface area contributed by atoms with Crippen molar-refractivity contribution in [2.45, 2.75) is 32.6 Å². The lowest BCUT2D eigenvalue weighted by molar-refractivity contribution is -0.146. The van der Waals surface area contributed by atoms with Gasteiger partial charge in [0.25, 0.3) is 5.91 Å². The van der Waals surface area contributed by atoms with Crippen molar-refractivity contribution in [1.29, 1.82) is 0 Å². The SMILES string of the molecule is CCn1cnnc1[C@@H]1CN(C(=O)[C@H](C)Oc2cccnc2)CCO1. The van der Waals surface area contributed by atoms with E-state index in [1.807, 2.05) is 11.5 Å². The minimum absolute atomic E-state index is 0.0743. The average Bonchev–Trinajstić information content (AvgIpc) is 3.11. The smallest absolute Gasteiger partial charge is 0.263 e. The van der Waals surface area contributed by atoms with E-state index in [-0.39, 0.29) is 12.0 Å². The molecule has 1 aliphatic rings. The van der Waals surface area contributed by atoms with Gasteiger partial charge in [-0.2, -0.15) is 0 Å². The Bertz CT molecular complexity index is 675. The first-order chi connectivity index (χ1) is 11.7. The second-order valence-electron chi connectivity index (χ2n) is 5.57. The highest BCUT2D eigenvalue weighted by Gasteiger charge is 2.31. The summed E-state index contributed by atoms with van der Waals surface area (Å²) in [6, 6.07) is 3.55. The van der Waals surface area contributed by atoms with Crippen LogP contribution in [0.4, 0.5) is 0 Å². The number of carbonyl (C=O) groups excluding carboxylic acids is 1. The first kappa shape index (κ1) is 16.4. The molecule has 2 aromatic rings. The van der Waals surface area contributed by atoms with E-state index in [1.54, 1.807) is 42.7 Å². The average molecular weight is 331 g/mol. The summed E-state index contributed by atoms with van der Waals surface area (Å²) in [5.41, 5.74) is 0. The third-order valence-corrected chi connectivity index (χ3v) is 3.95. The molecule has 0 aromatic carbocycles. The summed E-state index contributed by atoms with van der Waals surface area (Å²) in [5, 5.41) is 8.05. The number of amides is 1. The normalized spacial score (nSPS) is 19.1. The minimum Gasteiger partial charge on any atom is -0.479 e. The number of ether oxygens (including phenoxy) is 2. The molecule has 24 heavy (non-hydrogen) atoms. The molecule has 1 saturated heterocycles. The second kappa shape index (κ2) is 7.39. The van der Waals surface area contributed by atoms with Crippen molar-refractivity contribution >= 4 is 5.91 Å². The van der Waals surface area contributed by atoms with Gasteiger partial charge < -0.3 is 18.9 Å². The molecule has 2 atom stereocenters. The molecule has 0 unspecified atom stereocenters. The van der Waals surface area contributed by atoms with Gasteiger partial charge in [-0.25, -0.2) is 0 Å². The molecule has 0 bridgehead atoms. The highest BCUT2D eigenvalue weighted by atomic mass is 16.5. The Labute approximate surface area is 140 Å². The summed E-state index contributed by atoms with van der Waals surface area (Å²) in [6.45, 7) is 5.97. The van der Waals surface area contributed by atoms with Crippen LogP contribution in [0.3, 0.4) is 0 Å². The Kier molecular flexibility index (Phi) is 5.05. The predicted octanol–water partition coefficient (Wildman–Crippen LogP) is 1.06. The zero-order chi connectivity index (χ0) is 16.9. The fourth-order valence-electron chi connectivity index (χ4n) is 2.69. The monoisotopic (exact) mass is 331 g/mol. The first-order valence-corrected chi connectivity index (χ1v) is 8.03. The lowest BCUT2D eigenvalue weighted by atomic mass is 10.2. The highest BCUT2D eigenvalue weighted by Crippen LogP contribution is 2.21. The summed E-state index contributed by atoms with van der Waals surface area (Å²) in [4.78, 5) is 18.4. The van der Waals surface area contributed by atoms with Crippen LogP contribution in [-0.2, 0) is 16.1 Å². The summed E-state index contributed by atoms with van der Waals surface area (Å²) in [5.74, 6) is 1.25. The molecule has 128 valence electrons. The molecule has 3 heterocycles. The molecule has 1 aliphatic heterocycles. The molecule has 0 radical (unpaired) electrons. The molecule has 0 aliphatic carbocycles. The number of hydrogen-bond donors (Lipinski definition) is 0. The third-order valence-electron chi connectivity index (χ3n) is 3.95. The van der Waals surface area contributed by atoms with Crippen LogP contribution in [0.1, 0.15) is 25.8 Å². The Morgan fingerprint density at radius 2 is 2.42 bits per heavy atom. The molecule has 8 nitrogen and oxygen atoms in total. The van der Waals surface area contributed by atoms with E-state index < -0.39 is 6.10 Å². The van der Waals surface area contributed by atoms with Crippen molar-refractivity contribution in [3.8, 4) is 5.75 Å². The van der Waals surface area contributed by atoms with Crippen molar-refractivity contribution in [3.05, 3.63) is 36.7 Å². The van der Waals surface area contributed by atoms with Crippen molar-refractivity contribution in [3.63, 3.8) is 0 Å². The van der Waals surface area contributed by atoms with Crippen LogP contribution in [0, 0.1) is 0 Å². The van der Waals surface area contributed by atoms with Gasteiger partial charge in [0.05, 0.1) is 19.3 Å². The Hall–Kier alpha value is -2.48. The topological polar surface area (TPSA) is 82.4 Å². The molecule has 1 amide bonds. The lowest BCUT2D eigenvalue weighted by Gasteiger charge is -2.33. The maximum absolute atomic E-state index is 12.7. The Balaban J connectivity index is 1.64. The summed E-state index contributed by atoms with van der Waals surface area (Å²) < 4.78 is 13.4. The molecule has 2 aromatic heterocycles. The van der Waals surface area contributed by atoms with Gasteiger partial charge in [0.15, 0.2) is 11.9 Å². The fourth-order valence-corrected chi connectivity index (χ4v) is 2.69. The van der Waals surface area contributed by atoms with E-state index in [1.165, 1.54) is 0 Å². The lowest BCUT2D eigenvalue weighted by Crippen LogP contribution is -2.47. The number of nitrogens with zero attached hydrogens (tertiary/aromatic N) is 5. The van der Waals surface area contributed by atoms with E-state index in [4.69, 9.17) is 9.47 Å². The van der Waals surface area contributed by atoms with Gasteiger partial charge in [0.2, 0.25) is 0 Å². The van der Waals surface area contributed by atoms with Gasteiger partial charge in [0.1, 0.15) is 18.2 Å². The van der Waals surface area contributed by atoms with Crippen LogP contribution in [0.25, 0.3) is 0 Å². The number of morpholine rings is 1. The number of hydrogen-bond acceptors (Lipinski definition) is 6. The van der Waals surface area contributed by atoms with E-state index in [9.17, 15) is 4.79 Å². The molecule has 0 N–H and O–H groups in total. The van der Waals surface area contributed by atoms with Crippen LogP contribution in [0.15, 0.2) is 30.9 Å². The van der Waals surface area contributed by atoms with Crippen LogP contribution in [0.2, 0.25) is 0 Å². The standard InChI is InChI=1S/C16H21N5O3/c1-3-20-11-18-19-15(20)14-10-21(7-8-23-14)16(22)12(2)24-13-5-4-6-17-9-13/h4-6,9,11-12,14H,3,7-8,10H2,1-2H3/t12-,14-/m0/s1. The maximum Gasteiger partial charge on any atom is 0.263 e. The molecule has 0 spiro atoms. The van der Waals surface area contributed by atoms with Gasteiger partial charge in [0, 0.05) is 19.3 Å². The predicted molar refractivity (Wildman–Crippen MR) is 85.3 cm³/mol. The van der Waals surface area contributed by atoms with E-state index >= 15 is 0 Å². The van der Waals surface area contributed by atoms with Gasteiger partial charge in [-0.3, -0.25) is 9.78 Å². The van der Waals surface area contributed by atoms with Gasteiger partial charge in [-0.05, 0) is 26.0 Å². The quantitative estimate of drug-likeness (QED) is 0.815. The molecular weight excluding hydrogens is 310 g/mol. The van der Waals surface area contributed by atoms with Crippen LogP contribution < -0.4 is 4.74 Å². The van der Waals surface area contributed by atoms with Gasteiger partial charge in [-0.1, -0.05) is 0 Å². The number of pyridine rings is 1. The van der Waals surface area contributed by atoms with Crippen LogP contribution in [-0.4, -0.2) is 56.4 Å². The number of carbonyl (C=O) groups is 1. The van der Waals surface area contributed by atoms with Crippen LogP contribution >= 0.6 is 0 Å². The zero-order valence-corrected chi connectivity index (χ0v) is 13.8. The first-order valence-electron chi connectivity index (χ1n) is 8.03. The second-order valence-corrected chi connectivity index (χ2v) is 5.57. The van der Waals surface area contributed by atoms with Crippen molar-refractivity contribution < 1.29 is 14.3 Å². The summed E-state index contributed by atoms with van der Waals surface area (Å²) >= 11 is 0. The Morgan fingerprint density at radius 3 is 3.17 bits per heavy atom. The van der Waals surface area contributed by atoms with Gasteiger partial charge >= 0.3 is 0 Å². The third kappa shape index (κ3) is 3.53. The maximum atomic E-state index is 12.7. The Morgan fingerprint density at radius 1 is 1.54 bits per heavy atom. The molecule has 0 saturated carbocycles.